The molecule has 7 nitrogen and oxygen atoms in total. The van der Waals surface area contributed by atoms with Crippen molar-refractivity contribution in [2.75, 3.05) is 31.5 Å². The monoisotopic (exact) mass is 379 g/mol. The van der Waals surface area contributed by atoms with E-state index in [9.17, 15) is 0 Å². The van der Waals surface area contributed by atoms with Crippen molar-refractivity contribution in [3.8, 4) is 17.2 Å². The Morgan fingerprint density at radius 2 is 1.64 bits per heavy atom. The minimum atomic E-state index is -0.362. The highest BCUT2D eigenvalue weighted by Gasteiger charge is 2.35. The van der Waals surface area contributed by atoms with Gasteiger partial charge >= 0.3 is 0 Å². The zero-order valence-electron chi connectivity index (χ0n) is 15.9. The van der Waals surface area contributed by atoms with Gasteiger partial charge < -0.3 is 23.9 Å². The minimum absolute atomic E-state index is 0.312. The van der Waals surface area contributed by atoms with Gasteiger partial charge in [0.25, 0.3) is 0 Å². The first-order valence-electron chi connectivity index (χ1n) is 8.74. The number of rotatable bonds is 5. The van der Waals surface area contributed by atoms with Gasteiger partial charge in [-0.15, -0.1) is 0 Å². The Labute approximate surface area is 162 Å². The lowest BCUT2D eigenvalue weighted by atomic mass is 10.1. The van der Waals surface area contributed by atoms with Gasteiger partial charge in [0.15, 0.2) is 0 Å². The highest BCUT2D eigenvalue weighted by Crippen LogP contribution is 2.42. The van der Waals surface area contributed by atoms with Gasteiger partial charge in [-0.05, 0) is 35.9 Å². The Balaban J connectivity index is 1.84. The summed E-state index contributed by atoms with van der Waals surface area (Å²) in [6, 6.07) is 15.0. The predicted molar refractivity (Wildman–Crippen MR) is 107 cm³/mol. The molecule has 0 radical (unpaired) electrons. The molecule has 1 aliphatic rings. The Bertz CT molecular complexity index is 997. The fraction of sp³-hybridized carbons (Fsp3) is 0.190. The molecule has 0 saturated carbocycles. The van der Waals surface area contributed by atoms with Gasteiger partial charge in [-0.2, -0.15) is 0 Å². The molecular weight excluding hydrogens is 358 g/mol. The second-order valence-electron chi connectivity index (χ2n) is 6.24. The number of anilines is 2. The SMILES string of the molecule is COc1ccc(C2Nc3occc3C(=N)N2c2ccc(OC)cc2OC)cc1. The molecule has 2 aromatic carbocycles. The van der Waals surface area contributed by atoms with Crippen LogP contribution in [0.3, 0.4) is 0 Å². The van der Waals surface area contributed by atoms with Gasteiger partial charge in [0.2, 0.25) is 5.88 Å². The topological polar surface area (TPSA) is 80.0 Å². The first kappa shape index (κ1) is 17.8. The van der Waals surface area contributed by atoms with Crippen molar-refractivity contribution in [1.29, 1.82) is 5.41 Å². The first-order valence-corrected chi connectivity index (χ1v) is 8.74. The maximum atomic E-state index is 8.82. The van der Waals surface area contributed by atoms with Crippen LogP contribution < -0.4 is 24.4 Å². The summed E-state index contributed by atoms with van der Waals surface area (Å²) in [4.78, 5) is 1.87. The van der Waals surface area contributed by atoms with Crippen molar-refractivity contribution < 1.29 is 18.6 Å². The molecular formula is C21H21N3O4. The summed E-state index contributed by atoms with van der Waals surface area (Å²) in [7, 11) is 4.84. The summed E-state index contributed by atoms with van der Waals surface area (Å²) in [6.45, 7) is 0. The second kappa shape index (κ2) is 7.19. The molecule has 144 valence electrons. The van der Waals surface area contributed by atoms with Gasteiger partial charge in [-0.25, -0.2) is 0 Å². The molecule has 0 amide bonds. The average molecular weight is 379 g/mol. The van der Waals surface area contributed by atoms with Gasteiger partial charge in [0.05, 0.1) is 38.8 Å². The Hall–Kier alpha value is -3.61. The molecule has 1 aliphatic heterocycles. The largest absolute Gasteiger partial charge is 0.497 e. The fourth-order valence-electron chi connectivity index (χ4n) is 3.32. The van der Waals surface area contributed by atoms with Gasteiger partial charge in [-0.1, -0.05) is 12.1 Å². The van der Waals surface area contributed by atoms with Crippen LogP contribution in [0.25, 0.3) is 0 Å². The summed E-state index contributed by atoms with van der Waals surface area (Å²) in [5.74, 6) is 2.93. The lowest BCUT2D eigenvalue weighted by molar-refractivity contribution is 0.394. The molecule has 2 heterocycles. The standard InChI is InChI=1S/C21H21N3O4/c1-25-14-6-4-13(5-7-14)20-23-21-16(10-11-28-21)19(22)24(20)17-9-8-15(26-2)12-18(17)27-3/h4-12,20,22-23H,1-3H3. The van der Waals surface area contributed by atoms with E-state index in [0.29, 0.717) is 28.8 Å². The van der Waals surface area contributed by atoms with Crippen molar-refractivity contribution in [1.82, 2.24) is 0 Å². The second-order valence-corrected chi connectivity index (χ2v) is 6.24. The smallest absolute Gasteiger partial charge is 0.205 e. The van der Waals surface area contributed by atoms with Crippen LogP contribution in [-0.4, -0.2) is 27.2 Å². The van der Waals surface area contributed by atoms with E-state index in [4.69, 9.17) is 24.0 Å². The number of nitrogens with zero attached hydrogens (tertiary/aromatic N) is 1. The third-order valence-corrected chi connectivity index (χ3v) is 4.77. The first-order chi connectivity index (χ1) is 13.7. The molecule has 7 heteroatoms. The molecule has 0 bridgehead atoms. The van der Waals surface area contributed by atoms with E-state index in [1.807, 2.05) is 41.3 Å². The molecule has 0 saturated heterocycles. The van der Waals surface area contributed by atoms with Crippen LogP contribution in [0.15, 0.2) is 59.2 Å². The predicted octanol–water partition coefficient (Wildman–Crippen LogP) is 4.26. The molecule has 3 aromatic rings. The number of ether oxygens (including phenoxy) is 3. The van der Waals surface area contributed by atoms with E-state index < -0.39 is 0 Å². The van der Waals surface area contributed by atoms with Crippen LogP contribution in [0.5, 0.6) is 17.2 Å². The van der Waals surface area contributed by atoms with E-state index in [2.05, 4.69) is 5.32 Å². The molecule has 1 aromatic heterocycles. The van der Waals surface area contributed by atoms with Crippen molar-refractivity contribution >= 4 is 17.4 Å². The number of benzene rings is 2. The normalized spacial score (nSPS) is 15.6. The van der Waals surface area contributed by atoms with Crippen molar-refractivity contribution in [3.63, 3.8) is 0 Å². The highest BCUT2D eigenvalue weighted by molar-refractivity contribution is 6.13. The lowest BCUT2D eigenvalue weighted by Gasteiger charge is -2.38. The highest BCUT2D eigenvalue weighted by atomic mass is 16.5. The number of furan rings is 1. The fourth-order valence-corrected chi connectivity index (χ4v) is 3.32. The van der Waals surface area contributed by atoms with Crippen LogP contribution >= 0.6 is 0 Å². The number of fused-ring (bicyclic) bond motifs is 1. The van der Waals surface area contributed by atoms with E-state index in [-0.39, 0.29) is 6.17 Å². The van der Waals surface area contributed by atoms with Crippen molar-refractivity contribution in [2.45, 2.75) is 6.17 Å². The van der Waals surface area contributed by atoms with Crippen molar-refractivity contribution in [2.24, 2.45) is 0 Å². The minimum Gasteiger partial charge on any atom is -0.497 e. The Morgan fingerprint density at radius 1 is 0.929 bits per heavy atom. The van der Waals surface area contributed by atoms with Gasteiger partial charge in [-0.3, -0.25) is 10.3 Å². The lowest BCUT2D eigenvalue weighted by Crippen LogP contribution is -2.42. The molecule has 0 aliphatic carbocycles. The molecule has 28 heavy (non-hydrogen) atoms. The molecule has 2 N–H and O–H groups in total. The third kappa shape index (κ3) is 2.90. The van der Waals surface area contributed by atoms with E-state index in [0.717, 1.165) is 17.0 Å². The summed E-state index contributed by atoms with van der Waals surface area (Å²) in [5, 5.41) is 12.2. The molecule has 1 atom stereocenters. The zero-order valence-corrected chi connectivity index (χ0v) is 15.9. The van der Waals surface area contributed by atoms with Crippen LogP contribution in [-0.2, 0) is 0 Å². The van der Waals surface area contributed by atoms with E-state index in [1.165, 1.54) is 0 Å². The van der Waals surface area contributed by atoms with Gasteiger partial charge in [0, 0.05) is 6.07 Å². The average Bonchev–Trinajstić information content (AvgIpc) is 3.22. The number of amidine groups is 1. The van der Waals surface area contributed by atoms with Crippen LogP contribution in [0.1, 0.15) is 17.3 Å². The quantitative estimate of drug-likeness (QED) is 0.689. The molecule has 0 fully saturated rings. The summed E-state index contributed by atoms with van der Waals surface area (Å²) in [6.07, 6.45) is 1.21. The number of hydrogen-bond donors (Lipinski definition) is 2. The maximum absolute atomic E-state index is 8.82. The van der Waals surface area contributed by atoms with Crippen LogP contribution in [0.4, 0.5) is 11.6 Å². The zero-order chi connectivity index (χ0) is 19.7. The van der Waals surface area contributed by atoms with Crippen LogP contribution in [0, 0.1) is 5.41 Å². The Morgan fingerprint density at radius 3 is 2.32 bits per heavy atom. The van der Waals surface area contributed by atoms with E-state index >= 15 is 0 Å². The van der Waals surface area contributed by atoms with E-state index in [1.54, 1.807) is 39.7 Å². The number of methoxy groups -OCH3 is 3. The number of nitrogens with one attached hydrogen (secondary N) is 2. The summed E-state index contributed by atoms with van der Waals surface area (Å²) >= 11 is 0. The molecule has 1 unspecified atom stereocenters. The van der Waals surface area contributed by atoms with Crippen molar-refractivity contribution in [3.05, 3.63) is 65.9 Å². The molecule has 4 rings (SSSR count). The van der Waals surface area contributed by atoms with Crippen LogP contribution in [0.2, 0.25) is 0 Å². The van der Waals surface area contributed by atoms with Gasteiger partial charge in [0.1, 0.15) is 29.2 Å². The summed E-state index contributed by atoms with van der Waals surface area (Å²) in [5.41, 5.74) is 2.38. The summed E-state index contributed by atoms with van der Waals surface area (Å²) < 4.78 is 21.7. The third-order valence-electron chi connectivity index (χ3n) is 4.77. The number of hydrogen-bond acceptors (Lipinski definition) is 6. The Kier molecular flexibility index (Phi) is 4.57. The molecule has 0 spiro atoms. The maximum Gasteiger partial charge on any atom is 0.205 e.